The molecule has 0 fully saturated rings. The third kappa shape index (κ3) is 10.3. The molecule has 0 saturated carbocycles. The Kier molecular flexibility index (Phi) is 12.9. The van der Waals surface area contributed by atoms with Gasteiger partial charge in [0, 0.05) is 19.6 Å². The number of guanidine groups is 1. The van der Waals surface area contributed by atoms with Crippen molar-refractivity contribution in [2.75, 3.05) is 13.6 Å². The van der Waals surface area contributed by atoms with Gasteiger partial charge in [-0.1, -0.05) is 44.7 Å². The first kappa shape index (κ1) is 25.1. The molecule has 150 valence electrons. The number of rotatable bonds is 10. The number of nitrogens with two attached hydrogens (primary N) is 1. The van der Waals surface area contributed by atoms with Crippen molar-refractivity contribution in [2.24, 2.45) is 10.1 Å². The van der Waals surface area contributed by atoms with E-state index >= 15 is 0 Å². The Labute approximate surface area is 175 Å². The smallest absolute Gasteiger partial charge is 0.238 e. The summed E-state index contributed by atoms with van der Waals surface area (Å²) < 4.78 is 22.5. The molecule has 1 unspecified atom stereocenters. The zero-order valence-corrected chi connectivity index (χ0v) is 19.1. The Balaban J connectivity index is 0.00000625. The van der Waals surface area contributed by atoms with Crippen LogP contribution in [-0.2, 0) is 16.4 Å². The highest BCUT2D eigenvalue weighted by molar-refractivity contribution is 14.0. The zero-order chi connectivity index (χ0) is 18.7. The second kappa shape index (κ2) is 13.3. The number of benzene rings is 1. The van der Waals surface area contributed by atoms with E-state index in [2.05, 4.69) is 29.5 Å². The van der Waals surface area contributed by atoms with Crippen LogP contribution in [0.5, 0.6) is 0 Å². The second-order valence-electron chi connectivity index (χ2n) is 6.33. The fraction of sp³-hybridized carbons (Fsp3) is 0.611. The molecular weight excluding hydrogens is 463 g/mol. The molecule has 0 heterocycles. The lowest BCUT2D eigenvalue weighted by Gasteiger charge is -2.18. The fourth-order valence-corrected chi connectivity index (χ4v) is 3.06. The molecule has 0 aromatic heterocycles. The van der Waals surface area contributed by atoms with Gasteiger partial charge in [-0.2, -0.15) is 0 Å². The van der Waals surface area contributed by atoms with Crippen molar-refractivity contribution in [1.29, 1.82) is 0 Å². The number of primary sulfonamides is 1. The molecule has 6 nitrogen and oxygen atoms in total. The molecule has 1 aromatic rings. The summed E-state index contributed by atoms with van der Waals surface area (Å²) in [7, 11) is -1.86. The Hall–Kier alpha value is -0.870. The molecule has 1 rings (SSSR count). The van der Waals surface area contributed by atoms with Gasteiger partial charge in [-0.05, 0) is 37.5 Å². The lowest BCUT2D eigenvalue weighted by Crippen LogP contribution is -2.42. The molecule has 4 N–H and O–H groups in total. The van der Waals surface area contributed by atoms with E-state index in [0.717, 1.165) is 30.9 Å². The maximum absolute atomic E-state index is 11.2. The van der Waals surface area contributed by atoms with Crippen LogP contribution in [0.2, 0.25) is 0 Å². The number of hydrogen-bond donors (Lipinski definition) is 3. The molecule has 0 aliphatic carbocycles. The standard InChI is InChI=1S/C18H32N4O2S.HI/c1-4-5-6-7-8-15(2)22-18(20-3)21-14-13-16-9-11-17(12-10-16)25(19,23)24;/h9-12,15H,4-8,13-14H2,1-3H3,(H2,19,23,24)(H2,20,21,22);1H. The average molecular weight is 496 g/mol. The number of sulfonamides is 1. The summed E-state index contributed by atoms with van der Waals surface area (Å²) in [6, 6.07) is 7.03. The summed E-state index contributed by atoms with van der Waals surface area (Å²) in [6.45, 7) is 5.11. The van der Waals surface area contributed by atoms with Gasteiger partial charge in [0.15, 0.2) is 5.96 Å². The molecule has 0 amide bonds. The van der Waals surface area contributed by atoms with E-state index in [0.29, 0.717) is 6.04 Å². The molecule has 1 aromatic carbocycles. The topological polar surface area (TPSA) is 96.6 Å². The summed E-state index contributed by atoms with van der Waals surface area (Å²) in [6.07, 6.45) is 6.97. The maximum Gasteiger partial charge on any atom is 0.238 e. The van der Waals surface area contributed by atoms with Crippen LogP contribution in [0.1, 0.15) is 51.5 Å². The number of unbranched alkanes of at least 4 members (excludes halogenated alkanes) is 3. The van der Waals surface area contributed by atoms with Gasteiger partial charge in [0.05, 0.1) is 4.90 Å². The first-order valence-electron chi connectivity index (χ1n) is 8.95. The van der Waals surface area contributed by atoms with E-state index in [-0.39, 0.29) is 28.9 Å². The quantitative estimate of drug-likeness (QED) is 0.201. The number of aliphatic imine (C=N–C) groups is 1. The minimum absolute atomic E-state index is 0. The van der Waals surface area contributed by atoms with Crippen LogP contribution in [0.4, 0.5) is 0 Å². The lowest BCUT2D eigenvalue weighted by atomic mass is 10.1. The number of hydrogen-bond acceptors (Lipinski definition) is 3. The van der Waals surface area contributed by atoms with Crippen LogP contribution in [0.25, 0.3) is 0 Å². The van der Waals surface area contributed by atoms with Crippen molar-refractivity contribution in [3.8, 4) is 0 Å². The second-order valence-corrected chi connectivity index (χ2v) is 7.89. The first-order valence-corrected chi connectivity index (χ1v) is 10.5. The number of nitrogens with one attached hydrogen (secondary N) is 2. The van der Waals surface area contributed by atoms with Gasteiger partial charge in [0.1, 0.15) is 0 Å². The summed E-state index contributed by atoms with van der Waals surface area (Å²) >= 11 is 0. The minimum atomic E-state index is -3.63. The van der Waals surface area contributed by atoms with E-state index in [9.17, 15) is 8.42 Å². The van der Waals surface area contributed by atoms with Gasteiger partial charge >= 0.3 is 0 Å². The summed E-state index contributed by atoms with van der Waals surface area (Å²) in [5, 5.41) is 11.8. The lowest BCUT2D eigenvalue weighted by molar-refractivity contribution is 0.537. The summed E-state index contributed by atoms with van der Waals surface area (Å²) in [4.78, 5) is 4.39. The van der Waals surface area contributed by atoms with Crippen molar-refractivity contribution in [3.05, 3.63) is 29.8 Å². The Morgan fingerprint density at radius 1 is 1.19 bits per heavy atom. The van der Waals surface area contributed by atoms with Gasteiger partial charge in [0.25, 0.3) is 0 Å². The van der Waals surface area contributed by atoms with Crippen LogP contribution >= 0.6 is 24.0 Å². The highest BCUT2D eigenvalue weighted by Crippen LogP contribution is 2.09. The molecule has 0 bridgehead atoms. The van der Waals surface area contributed by atoms with Gasteiger partial charge in [-0.25, -0.2) is 13.6 Å². The Morgan fingerprint density at radius 2 is 1.85 bits per heavy atom. The van der Waals surface area contributed by atoms with E-state index in [1.807, 2.05) is 0 Å². The van der Waals surface area contributed by atoms with Crippen LogP contribution < -0.4 is 15.8 Å². The van der Waals surface area contributed by atoms with Gasteiger partial charge < -0.3 is 10.6 Å². The molecule has 0 aliphatic heterocycles. The molecule has 26 heavy (non-hydrogen) atoms. The normalized spacial score (nSPS) is 13.0. The molecule has 0 saturated heterocycles. The van der Waals surface area contributed by atoms with Crippen molar-refractivity contribution in [3.63, 3.8) is 0 Å². The van der Waals surface area contributed by atoms with Crippen LogP contribution in [0.3, 0.4) is 0 Å². The van der Waals surface area contributed by atoms with Gasteiger partial charge in [-0.15, -0.1) is 24.0 Å². The first-order chi connectivity index (χ1) is 11.9. The highest BCUT2D eigenvalue weighted by Gasteiger charge is 2.07. The molecular formula is C18H33IN4O2S. The summed E-state index contributed by atoms with van der Waals surface area (Å²) in [5.41, 5.74) is 1.04. The summed E-state index contributed by atoms with van der Waals surface area (Å²) in [5.74, 6) is 0.796. The van der Waals surface area contributed by atoms with Crippen molar-refractivity contribution >= 4 is 40.0 Å². The molecule has 1 atom stereocenters. The third-order valence-electron chi connectivity index (χ3n) is 4.06. The molecule has 0 spiro atoms. The fourth-order valence-electron chi connectivity index (χ4n) is 2.55. The van der Waals surface area contributed by atoms with E-state index in [1.54, 1.807) is 19.2 Å². The van der Waals surface area contributed by atoms with E-state index in [4.69, 9.17) is 5.14 Å². The largest absolute Gasteiger partial charge is 0.356 e. The van der Waals surface area contributed by atoms with E-state index in [1.165, 1.54) is 37.8 Å². The number of nitrogens with zero attached hydrogens (tertiary/aromatic N) is 1. The third-order valence-corrected chi connectivity index (χ3v) is 4.98. The predicted octanol–water partition coefficient (Wildman–Crippen LogP) is 3.02. The van der Waals surface area contributed by atoms with Crippen molar-refractivity contribution in [1.82, 2.24) is 10.6 Å². The monoisotopic (exact) mass is 496 g/mol. The van der Waals surface area contributed by atoms with Crippen LogP contribution in [-0.4, -0.2) is 34.0 Å². The highest BCUT2D eigenvalue weighted by atomic mass is 127. The number of halogens is 1. The minimum Gasteiger partial charge on any atom is -0.356 e. The van der Waals surface area contributed by atoms with Crippen molar-refractivity contribution < 1.29 is 8.42 Å². The Bertz CT molecular complexity index is 633. The average Bonchev–Trinajstić information content (AvgIpc) is 2.57. The van der Waals surface area contributed by atoms with Crippen LogP contribution in [0, 0.1) is 0 Å². The Morgan fingerprint density at radius 3 is 2.38 bits per heavy atom. The van der Waals surface area contributed by atoms with E-state index < -0.39 is 10.0 Å². The van der Waals surface area contributed by atoms with Crippen LogP contribution in [0.15, 0.2) is 34.2 Å². The SMILES string of the molecule is CCCCCCC(C)NC(=NC)NCCc1ccc(S(N)(=O)=O)cc1.I. The van der Waals surface area contributed by atoms with Gasteiger partial charge in [0.2, 0.25) is 10.0 Å². The molecule has 8 heteroatoms. The molecule has 0 aliphatic rings. The predicted molar refractivity (Wildman–Crippen MR) is 120 cm³/mol. The van der Waals surface area contributed by atoms with Gasteiger partial charge in [-0.3, -0.25) is 4.99 Å². The zero-order valence-electron chi connectivity index (χ0n) is 16.0. The molecule has 0 radical (unpaired) electrons. The van der Waals surface area contributed by atoms with Crippen molar-refractivity contribution in [2.45, 2.75) is 63.3 Å². The maximum atomic E-state index is 11.2.